The summed E-state index contributed by atoms with van der Waals surface area (Å²) in [4.78, 5) is 0. The molecule has 1 fully saturated rings. The minimum atomic E-state index is 0.290. The number of ether oxygens (including phenoxy) is 1. The zero-order valence-corrected chi connectivity index (χ0v) is 11.0. The van der Waals surface area contributed by atoms with E-state index >= 15 is 0 Å². The summed E-state index contributed by atoms with van der Waals surface area (Å²) in [5, 5.41) is 3.46. The van der Waals surface area contributed by atoms with E-state index < -0.39 is 0 Å². The Hall–Kier alpha value is -1.06. The lowest BCUT2D eigenvalue weighted by molar-refractivity contribution is 0.287. The van der Waals surface area contributed by atoms with Crippen molar-refractivity contribution in [2.75, 3.05) is 20.2 Å². The molecule has 0 spiro atoms. The molecular weight excluding hydrogens is 224 g/mol. The number of nitrogens with two attached hydrogens (primary N) is 1. The molecule has 3 rings (SSSR count). The zero-order chi connectivity index (χ0) is 12.6. The number of benzene rings is 1. The Balaban J connectivity index is 1.91. The predicted octanol–water partition coefficient (Wildman–Crippen LogP) is 2.01. The molecule has 1 unspecified atom stereocenters. The van der Waals surface area contributed by atoms with E-state index in [4.69, 9.17) is 10.5 Å². The summed E-state index contributed by atoms with van der Waals surface area (Å²) in [6.45, 7) is 1.63. The molecule has 1 aliphatic heterocycles. The van der Waals surface area contributed by atoms with Crippen LogP contribution in [0.5, 0.6) is 5.75 Å². The van der Waals surface area contributed by atoms with E-state index in [9.17, 15) is 0 Å². The van der Waals surface area contributed by atoms with Gasteiger partial charge in [0.25, 0.3) is 0 Å². The number of rotatable bonds is 4. The van der Waals surface area contributed by atoms with Gasteiger partial charge >= 0.3 is 0 Å². The third kappa shape index (κ3) is 1.91. The van der Waals surface area contributed by atoms with E-state index in [1.54, 1.807) is 0 Å². The molecule has 1 heterocycles. The van der Waals surface area contributed by atoms with Crippen LogP contribution in [-0.4, -0.2) is 20.2 Å². The topological polar surface area (TPSA) is 47.3 Å². The average molecular weight is 246 g/mol. The van der Waals surface area contributed by atoms with Crippen LogP contribution in [0.2, 0.25) is 0 Å². The molecule has 1 saturated carbocycles. The summed E-state index contributed by atoms with van der Waals surface area (Å²) in [7, 11) is 2.04. The molecule has 3 heteroatoms. The minimum Gasteiger partial charge on any atom is -0.493 e. The Kier molecular flexibility index (Phi) is 3.04. The highest BCUT2D eigenvalue weighted by Gasteiger charge is 2.48. The fourth-order valence-electron chi connectivity index (χ4n) is 3.16. The second-order valence-corrected chi connectivity index (χ2v) is 5.61. The summed E-state index contributed by atoms with van der Waals surface area (Å²) >= 11 is 0. The van der Waals surface area contributed by atoms with Crippen LogP contribution in [0.3, 0.4) is 0 Å². The van der Waals surface area contributed by atoms with Crippen molar-refractivity contribution in [3.05, 3.63) is 29.3 Å². The van der Waals surface area contributed by atoms with E-state index in [-0.39, 0.29) is 0 Å². The van der Waals surface area contributed by atoms with Gasteiger partial charge in [0, 0.05) is 11.5 Å². The number of nitrogens with one attached hydrogen (secondary N) is 1. The molecule has 0 radical (unpaired) electrons. The number of hydrogen-bond donors (Lipinski definition) is 2. The lowest BCUT2D eigenvalue weighted by Gasteiger charge is -2.27. The zero-order valence-electron chi connectivity index (χ0n) is 11.0. The fraction of sp³-hybridized carbons (Fsp3) is 0.600. The molecule has 0 amide bonds. The summed E-state index contributed by atoms with van der Waals surface area (Å²) in [6, 6.07) is 7.02. The maximum atomic E-state index is 5.96. The first kappa shape index (κ1) is 12.0. The summed E-state index contributed by atoms with van der Waals surface area (Å²) in [6.07, 6.45) is 4.74. The molecule has 1 aromatic rings. The average Bonchev–Trinajstić information content (AvgIpc) is 3.20. The van der Waals surface area contributed by atoms with Gasteiger partial charge in [0.1, 0.15) is 5.75 Å². The van der Waals surface area contributed by atoms with Crippen molar-refractivity contribution in [1.29, 1.82) is 0 Å². The highest BCUT2D eigenvalue weighted by Crippen LogP contribution is 2.54. The first-order chi connectivity index (χ1) is 8.79. The largest absolute Gasteiger partial charge is 0.493 e. The predicted molar refractivity (Wildman–Crippen MR) is 72.8 cm³/mol. The molecule has 3 N–H and O–H groups in total. The maximum absolute atomic E-state index is 5.96. The Morgan fingerprint density at radius 1 is 1.44 bits per heavy atom. The molecule has 0 saturated heterocycles. The van der Waals surface area contributed by atoms with Crippen molar-refractivity contribution in [3.8, 4) is 5.75 Å². The van der Waals surface area contributed by atoms with Gasteiger partial charge in [0.2, 0.25) is 0 Å². The van der Waals surface area contributed by atoms with Crippen molar-refractivity contribution in [2.24, 2.45) is 11.1 Å². The van der Waals surface area contributed by atoms with Gasteiger partial charge in [-0.1, -0.05) is 12.1 Å². The smallest absolute Gasteiger partial charge is 0.122 e. The van der Waals surface area contributed by atoms with Crippen molar-refractivity contribution < 1.29 is 4.74 Å². The van der Waals surface area contributed by atoms with E-state index in [1.807, 2.05) is 7.05 Å². The van der Waals surface area contributed by atoms with Gasteiger partial charge < -0.3 is 15.8 Å². The van der Waals surface area contributed by atoms with Crippen LogP contribution in [-0.2, 0) is 6.42 Å². The normalized spacial score (nSPS) is 21.9. The molecule has 18 heavy (non-hydrogen) atoms. The summed E-state index contributed by atoms with van der Waals surface area (Å²) < 4.78 is 5.67. The lowest BCUT2D eigenvalue weighted by Crippen LogP contribution is -2.32. The van der Waals surface area contributed by atoms with Gasteiger partial charge in [-0.3, -0.25) is 0 Å². The molecule has 98 valence electrons. The molecule has 1 atom stereocenters. The van der Waals surface area contributed by atoms with Gasteiger partial charge in [-0.15, -0.1) is 0 Å². The van der Waals surface area contributed by atoms with Crippen molar-refractivity contribution in [1.82, 2.24) is 5.32 Å². The third-order valence-corrected chi connectivity index (χ3v) is 4.47. The van der Waals surface area contributed by atoms with Crippen LogP contribution in [0.25, 0.3) is 0 Å². The standard InChI is InChI=1S/C15H22N2O/c1-17-14(15(10-16)6-7-15)12-4-5-13-11(9-12)3-2-8-18-13/h4-5,9,14,17H,2-3,6-8,10,16H2,1H3. The summed E-state index contributed by atoms with van der Waals surface area (Å²) in [5.41, 5.74) is 8.96. The highest BCUT2D eigenvalue weighted by atomic mass is 16.5. The Bertz CT molecular complexity index is 440. The summed E-state index contributed by atoms with van der Waals surface area (Å²) in [5.74, 6) is 1.07. The molecule has 1 aromatic carbocycles. The van der Waals surface area contributed by atoms with E-state index in [1.165, 1.54) is 24.0 Å². The van der Waals surface area contributed by atoms with E-state index in [0.29, 0.717) is 11.5 Å². The maximum Gasteiger partial charge on any atom is 0.122 e. The van der Waals surface area contributed by atoms with Crippen LogP contribution < -0.4 is 15.8 Å². The van der Waals surface area contributed by atoms with Gasteiger partial charge in [0.05, 0.1) is 6.61 Å². The van der Waals surface area contributed by atoms with Crippen LogP contribution in [0.1, 0.15) is 36.4 Å². The van der Waals surface area contributed by atoms with Crippen molar-refractivity contribution >= 4 is 0 Å². The minimum absolute atomic E-state index is 0.290. The van der Waals surface area contributed by atoms with Crippen molar-refractivity contribution in [3.63, 3.8) is 0 Å². The highest BCUT2D eigenvalue weighted by molar-refractivity contribution is 5.40. The second-order valence-electron chi connectivity index (χ2n) is 5.61. The Morgan fingerprint density at radius 3 is 2.94 bits per heavy atom. The third-order valence-electron chi connectivity index (χ3n) is 4.47. The lowest BCUT2D eigenvalue weighted by atomic mass is 9.88. The Labute approximate surface area is 109 Å². The second kappa shape index (κ2) is 4.56. The molecule has 0 bridgehead atoms. The van der Waals surface area contributed by atoms with Gasteiger partial charge in [0.15, 0.2) is 0 Å². The van der Waals surface area contributed by atoms with Crippen LogP contribution in [0.15, 0.2) is 18.2 Å². The number of hydrogen-bond acceptors (Lipinski definition) is 3. The van der Waals surface area contributed by atoms with Gasteiger partial charge in [-0.25, -0.2) is 0 Å². The van der Waals surface area contributed by atoms with E-state index in [2.05, 4.69) is 23.5 Å². The first-order valence-electron chi connectivity index (χ1n) is 6.92. The van der Waals surface area contributed by atoms with Crippen LogP contribution >= 0.6 is 0 Å². The first-order valence-corrected chi connectivity index (χ1v) is 6.92. The molecular formula is C15H22N2O. The fourth-order valence-corrected chi connectivity index (χ4v) is 3.16. The van der Waals surface area contributed by atoms with Crippen molar-refractivity contribution in [2.45, 2.75) is 31.7 Å². The number of aryl methyl sites for hydroxylation is 1. The van der Waals surface area contributed by atoms with Gasteiger partial charge in [-0.05, 0) is 56.5 Å². The Morgan fingerprint density at radius 2 is 2.28 bits per heavy atom. The SMILES string of the molecule is CNC(c1ccc2c(c1)CCCO2)C1(CN)CC1. The van der Waals surface area contributed by atoms with Gasteiger partial charge in [-0.2, -0.15) is 0 Å². The monoisotopic (exact) mass is 246 g/mol. The quantitative estimate of drug-likeness (QED) is 0.854. The van der Waals surface area contributed by atoms with E-state index in [0.717, 1.165) is 31.7 Å². The molecule has 2 aliphatic rings. The molecule has 0 aromatic heterocycles. The van der Waals surface area contributed by atoms with Crippen LogP contribution in [0, 0.1) is 5.41 Å². The molecule has 3 nitrogen and oxygen atoms in total. The number of fused-ring (bicyclic) bond motifs is 1. The molecule has 1 aliphatic carbocycles. The van der Waals surface area contributed by atoms with Crippen LogP contribution in [0.4, 0.5) is 0 Å².